The molecule has 0 spiro atoms. The van der Waals surface area contributed by atoms with Gasteiger partial charge in [0.05, 0.1) is 11.8 Å². The van der Waals surface area contributed by atoms with Crippen molar-refractivity contribution in [2.45, 2.75) is 77.3 Å². The number of carbonyl (C=O) groups excluding carboxylic acids is 1. The van der Waals surface area contributed by atoms with E-state index in [1.807, 2.05) is 24.9 Å². The molecular weight excluding hydrogens is 330 g/mol. The number of piperidine rings is 1. The van der Waals surface area contributed by atoms with Crippen LogP contribution in [0.5, 0.6) is 0 Å². The first-order chi connectivity index (χ1) is 12.2. The average molecular weight is 361 g/mol. The van der Waals surface area contributed by atoms with Crippen LogP contribution in [0.15, 0.2) is 12.3 Å². The zero-order valence-electron chi connectivity index (χ0n) is 16.3. The minimum absolute atomic E-state index is 0.0459. The van der Waals surface area contributed by atoms with E-state index in [2.05, 4.69) is 29.9 Å². The summed E-state index contributed by atoms with van der Waals surface area (Å²) in [7, 11) is 1.97. The van der Waals surface area contributed by atoms with Crippen LogP contribution in [0.2, 0.25) is 0 Å². The van der Waals surface area contributed by atoms with Crippen molar-refractivity contribution in [3.8, 4) is 0 Å². The maximum atomic E-state index is 13.5. The van der Waals surface area contributed by atoms with Gasteiger partial charge in [-0.15, -0.1) is 0 Å². The van der Waals surface area contributed by atoms with E-state index in [1.165, 1.54) is 5.69 Å². The van der Waals surface area contributed by atoms with E-state index in [0.29, 0.717) is 12.3 Å². The fourth-order valence-electron chi connectivity index (χ4n) is 5.32. The second-order valence-electron chi connectivity index (χ2n) is 8.87. The zero-order chi connectivity index (χ0) is 19.1. The Morgan fingerprint density at radius 3 is 2.38 bits per heavy atom. The Balaban J connectivity index is 1.80. The van der Waals surface area contributed by atoms with Crippen molar-refractivity contribution in [1.29, 1.82) is 0 Å². The van der Waals surface area contributed by atoms with Crippen molar-refractivity contribution in [2.75, 3.05) is 0 Å². The standard InChI is InChI=1S/C20H31N3O3/c1-13(2)11-20(3,12-18(24)25)19(26)23-15-5-6-16(23)10-14(9-15)17-7-8-21-22(17)4/h7-8,13-16H,5-6,9-12H2,1-4H3,(H,24,25). The Labute approximate surface area is 155 Å². The molecule has 3 heterocycles. The topological polar surface area (TPSA) is 75.4 Å². The first-order valence-electron chi connectivity index (χ1n) is 9.73. The van der Waals surface area contributed by atoms with E-state index in [0.717, 1.165) is 25.7 Å². The van der Waals surface area contributed by atoms with Gasteiger partial charge in [0, 0.05) is 36.9 Å². The van der Waals surface area contributed by atoms with Crippen LogP contribution in [0.25, 0.3) is 0 Å². The maximum Gasteiger partial charge on any atom is 0.304 e. The Bertz CT molecular complexity index is 670. The van der Waals surface area contributed by atoms with Gasteiger partial charge in [-0.1, -0.05) is 20.8 Å². The van der Waals surface area contributed by atoms with Gasteiger partial charge in [0.15, 0.2) is 0 Å². The van der Waals surface area contributed by atoms with Gasteiger partial charge in [0.25, 0.3) is 0 Å². The maximum absolute atomic E-state index is 13.5. The third-order valence-electron chi connectivity index (χ3n) is 6.16. The van der Waals surface area contributed by atoms with Gasteiger partial charge in [0.1, 0.15) is 0 Å². The molecule has 3 rings (SSSR count). The van der Waals surface area contributed by atoms with Gasteiger partial charge in [-0.2, -0.15) is 5.10 Å². The van der Waals surface area contributed by atoms with Crippen LogP contribution in [0.4, 0.5) is 0 Å². The highest BCUT2D eigenvalue weighted by molar-refractivity contribution is 5.87. The number of carboxylic acids is 1. The number of aliphatic carboxylic acids is 1. The summed E-state index contributed by atoms with van der Waals surface area (Å²) in [5, 5.41) is 13.7. The summed E-state index contributed by atoms with van der Waals surface area (Å²) in [6.07, 6.45) is 6.30. The molecule has 0 aliphatic carbocycles. The van der Waals surface area contributed by atoms with Crippen LogP contribution in [-0.2, 0) is 16.6 Å². The highest BCUT2D eigenvalue weighted by Gasteiger charge is 2.49. The molecule has 2 bridgehead atoms. The van der Waals surface area contributed by atoms with Crippen LogP contribution < -0.4 is 0 Å². The monoisotopic (exact) mass is 361 g/mol. The fraction of sp³-hybridized carbons (Fsp3) is 0.750. The molecule has 3 atom stereocenters. The van der Waals surface area contributed by atoms with E-state index in [1.54, 1.807) is 0 Å². The lowest BCUT2D eigenvalue weighted by Gasteiger charge is -2.43. The molecule has 0 saturated carbocycles. The summed E-state index contributed by atoms with van der Waals surface area (Å²) in [6.45, 7) is 5.95. The van der Waals surface area contributed by atoms with Crippen molar-refractivity contribution >= 4 is 11.9 Å². The molecular formula is C20H31N3O3. The molecule has 1 aromatic heterocycles. The molecule has 2 fully saturated rings. The molecule has 2 saturated heterocycles. The molecule has 2 aliphatic heterocycles. The summed E-state index contributed by atoms with van der Waals surface area (Å²) < 4.78 is 1.94. The summed E-state index contributed by atoms with van der Waals surface area (Å²) in [5.74, 6) is -0.129. The molecule has 0 aromatic carbocycles. The Morgan fingerprint density at radius 1 is 1.31 bits per heavy atom. The molecule has 2 aliphatic rings. The van der Waals surface area contributed by atoms with Gasteiger partial charge in [-0.05, 0) is 44.1 Å². The highest BCUT2D eigenvalue weighted by atomic mass is 16.4. The van der Waals surface area contributed by atoms with Crippen LogP contribution in [0.1, 0.15) is 70.9 Å². The number of aromatic nitrogens is 2. The quantitative estimate of drug-likeness (QED) is 0.844. The first-order valence-corrected chi connectivity index (χ1v) is 9.73. The number of amides is 1. The molecule has 1 N–H and O–H groups in total. The van der Waals surface area contributed by atoms with Gasteiger partial charge < -0.3 is 10.0 Å². The number of hydrogen-bond acceptors (Lipinski definition) is 3. The molecule has 26 heavy (non-hydrogen) atoms. The lowest BCUT2D eigenvalue weighted by atomic mass is 9.76. The predicted octanol–water partition coefficient (Wildman–Crippen LogP) is 3.18. The molecule has 144 valence electrons. The van der Waals surface area contributed by atoms with Crippen molar-refractivity contribution in [3.05, 3.63) is 18.0 Å². The minimum atomic E-state index is -0.890. The van der Waals surface area contributed by atoms with E-state index in [9.17, 15) is 14.7 Å². The predicted molar refractivity (Wildman–Crippen MR) is 98.7 cm³/mol. The third-order valence-corrected chi connectivity index (χ3v) is 6.16. The molecule has 1 aromatic rings. The molecule has 3 unspecified atom stereocenters. The first kappa shape index (κ1) is 18.9. The van der Waals surface area contributed by atoms with Crippen LogP contribution in [0, 0.1) is 11.3 Å². The molecule has 0 radical (unpaired) electrons. The lowest BCUT2D eigenvalue weighted by molar-refractivity contribution is -0.154. The van der Waals surface area contributed by atoms with E-state index in [-0.39, 0.29) is 30.3 Å². The SMILES string of the molecule is CC(C)CC(C)(CC(=O)O)C(=O)N1C2CCC1CC(c1ccnn1C)C2. The Morgan fingerprint density at radius 2 is 1.92 bits per heavy atom. The largest absolute Gasteiger partial charge is 0.481 e. The number of nitrogens with zero attached hydrogens (tertiary/aromatic N) is 3. The van der Waals surface area contributed by atoms with E-state index < -0.39 is 11.4 Å². The van der Waals surface area contributed by atoms with Gasteiger partial charge in [0.2, 0.25) is 5.91 Å². The summed E-state index contributed by atoms with van der Waals surface area (Å²) in [5.41, 5.74) is 0.421. The van der Waals surface area contributed by atoms with Crippen LogP contribution >= 0.6 is 0 Å². The van der Waals surface area contributed by atoms with Crippen molar-refractivity contribution in [1.82, 2.24) is 14.7 Å². The number of aryl methyl sites for hydroxylation is 1. The molecule has 6 heteroatoms. The normalized spacial score (nSPS) is 27.6. The van der Waals surface area contributed by atoms with E-state index in [4.69, 9.17) is 0 Å². The smallest absolute Gasteiger partial charge is 0.304 e. The van der Waals surface area contributed by atoms with Crippen LogP contribution in [0.3, 0.4) is 0 Å². The van der Waals surface area contributed by atoms with Gasteiger partial charge in [-0.3, -0.25) is 14.3 Å². The number of fused-ring (bicyclic) bond motifs is 2. The van der Waals surface area contributed by atoms with E-state index >= 15 is 0 Å². The second-order valence-corrected chi connectivity index (χ2v) is 8.87. The van der Waals surface area contributed by atoms with Gasteiger partial charge >= 0.3 is 5.97 Å². The van der Waals surface area contributed by atoms with Crippen molar-refractivity contribution < 1.29 is 14.7 Å². The lowest BCUT2D eigenvalue weighted by Crippen LogP contribution is -2.52. The van der Waals surface area contributed by atoms with Crippen molar-refractivity contribution in [2.24, 2.45) is 18.4 Å². The molecule has 1 amide bonds. The average Bonchev–Trinajstić information content (AvgIpc) is 3.05. The summed E-state index contributed by atoms with van der Waals surface area (Å²) in [6, 6.07) is 2.53. The second kappa shape index (κ2) is 7.05. The fourth-order valence-corrected chi connectivity index (χ4v) is 5.32. The Kier molecular flexibility index (Phi) is 5.13. The van der Waals surface area contributed by atoms with Gasteiger partial charge in [-0.25, -0.2) is 0 Å². The Hall–Kier alpha value is -1.85. The molecule has 6 nitrogen and oxygen atoms in total. The highest BCUT2D eigenvalue weighted by Crippen LogP contribution is 2.46. The van der Waals surface area contributed by atoms with Crippen molar-refractivity contribution in [3.63, 3.8) is 0 Å². The number of carboxylic acid groups (broad SMARTS) is 1. The minimum Gasteiger partial charge on any atom is -0.481 e. The number of carbonyl (C=O) groups is 2. The number of hydrogen-bond donors (Lipinski definition) is 1. The van der Waals surface area contributed by atoms with Crippen LogP contribution in [-0.4, -0.2) is 43.7 Å². The zero-order valence-corrected chi connectivity index (χ0v) is 16.3. The number of rotatable bonds is 6. The summed E-state index contributed by atoms with van der Waals surface area (Å²) in [4.78, 5) is 26.9. The summed E-state index contributed by atoms with van der Waals surface area (Å²) >= 11 is 0. The third kappa shape index (κ3) is 3.51.